The molecule has 1 aromatic heterocycles. The zero-order valence-corrected chi connectivity index (χ0v) is 26.5. The van der Waals surface area contributed by atoms with E-state index in [2.05, 4.69) is 4.98 Å². The van der Waals surface area contributed by atoms with Crippen molar-refractivity contribution >= 4 is 45.7 Å². The smallest absolute Gasteiger partial charge is 0.193 e. The minimum atomic E-state index is -1.98. The monoisotopic (exact) mass is 647 g/mol. The fraction of sp³-hybridized carbons (Fsp3) is 0.545. The summed E-state index contributed by atoms with van der Waals surface area (Å²) in [4.78, 5) is 29.1. The average Bonchev–Trinajstić information content (AvgIpc) is 3.38. The molecule has 0 radical (unpaired) electrons. The van der Waals surface area contributed by atoms with Gasteiger partial charge in [-0.05, 0) is 82.7 Å². The minimum absolute atomic E-state index is 0.0109. The number of fused-ring (bicyclic) bond motifs is 8. The maximum absolute atomic E-state index is 17.1. The third-order valence-corrected chi connectivity index (χ3v) is 11.6. The predicted octanol–water partition coefficient (Wildman–Crippen LogP) is 5.67. The Morgan fingerprint density at radius 1 is 1.18 bits per heavy atom. The lowest BCUT2D eigenvalue weighted by Crippen LogP contribution is -2.70. The molecule has 8 nitrogen and oxygen atoms in total. The SMILES string of the molecule is CC1(C)O[C@@H]2C[C@H]3[C@@H]4CCC5=CC(=O)C=C[C@]5(C)C4(F)[C@@H](O)C[C@]3(C)[C@]2(C(=O)CO)O1.Oc1c(Cl)cc(Cl)c2cccnc12. The van der Waals surface area contributed by atoms with Gasteiger partial charge >= 0.3 is 0 Å². The summed E-state index contributed by atoms with van der Waals surface area (Å²) in [7, 11) is 0. The number of hydrogen-bond donors (Lipinski definition) is 3. The van der Waals surface area contributed by atoms with Crippen molar-refractivity contribution in [1.29, 1.82) is 0 Å². The maximum atomic E-state index is 17.1. The van der Waals surface area contributed by atoms with Gasteiger partial charge in [-0.3, -0.25) is 14.6 Å². The number of pyridine rings is 1. The number of alkyl halides is 1. The first-order valence-corrected chi connectivity index (χ1v) is 15.6. The summed E-state index contributed by atoms with van der Waals surface area (Å²) >= 11 is 11.6. The van der Waals surface area contributed by atoms with Crippen molar-refractivity contribution < 1.29 is 38.8 Å². The van der Waals surface area contributed by atoms with Crippen molar-refractivity contribution in [2.75, 3.05) is 6.61 Å². The van der Waals surface area contributed by atoms with E-state index < -0.39 is 58.4 Å². The molecule has 0 spiro atoms. The number of allylic oxidation sites excluding steroid dienone is 4. The van der Waals surface area contributed by atoms with Gasteiger partial charge in [0.25, 0.3) is 0 Å². The molecular weight excluding hydrogens is 612 g/mol. The standard InChI is InChI=1S/C24H31FO6.C9H5Cl2NO/c1-20(2)30-19-10-16-15-6-5-13-9-14(27)7-8-21(13,3)23(15,25)17(28)11-22(16,4)24(19,31-20)18(29)12-26;10-6-4-7(11)9(13)8-5(6)2-1-3-12-8/h7-9,15-17,19,26,28H,5-6,10-12H2,1-4H3;1-4,13H/t15-,16-,17-,19+,21-,22-,23?,24+;/m0./s1. The zero-order chi connectivity index (χ0) is 32.0. The number of carbonyl (C=O) groups is 2. The van der Waals surface area contributed by atoms with Gasteiger partial charge in [0.2, 0.25) is 0 Å². The molecule has 8 atom stereocenters. The molecule has 44 heavy (non-hydrogen) atoms. The lowest BCUT2D eigenvalue weighted by atomic mass is 9.44. The van der Waals surface area contributed by atoms with E-state index in [1.54, 1.807) is 45.2 Å². The van der Waals surface area contributed by atoms with Crippen molar-refractivity contribution in [3.05, 3.63) is 58.2 Å². The van der Waals surface area contributed by atoms with E-state index in [9.17, 15) is 24.9 Å². The molecular formula is C33H36Cl2FNO7. The summed E-state index contributed by atoms with van der Waals surface area (Å²) in [5.41, 5.74) is -4.23. The van der Waals surface area contributed by atoms with Crippen LogP contribution in [0.5, 0.6) is 5.75 Å². The Morgan fingerprint density at radius 2 is 1.91 bits per heavy atom. The van der Waals surface area contributed by atoms with Crippen molar-refractivity contribution in [3.63, 3.8) is 0 Å². The van der Waals surface area contributed by atoms with E-state index >= 15 is 4.39 Å². The van der Waals surface area contributed by atoms with Crippen LogP contribution in [0.4, 0.5) is 4.39 Å². The highest BCUT2D eigenvalue weighted by atomic mass is 35.5. The van der Waals surface area contributed by atoms with Crippen molar-refractivity contribution in [2.45, 2.75) is 82.6 Å². The van der Waals surface area contributed by atoms with Crippen LogP contribution in [0.2, 0.25) is 10.0 Å². The van der Waals surface area contributed by atoms with Gasteiger partial charge in [-0.2, -0.15) is 0 Å². The summed E-state index contributed by atoms with van der Waals surface area (Å²) < 4.78 is 29.5. The molecule has 4 fully saturated rings. The predicted molar refractivity (Wildman–Crippen MR) is 162 cm³/mol. The maximum Gasteiger partial charge on any atom is 0.193 e. The van der Waals surface area contributed by atoms with Gasteiger partial charge in [0, 0.05) is 28.3 Å². The number of ketones is 2. The number of benzene rings is 1. The first-order valence-electron chi connectivity index (χ1n) is 14.8. The summed E-state index contributed by atoms with van der Waals surface area (Å²) in [6.07, 6.45) is 5.58. The van der Waals surface area contributed by atoms with Crippen molar-refractivity contribution in [3.8, 4) is 5.75 Å². The molecule has 1 saturated heterocycles. The van der Waals surface area contributed by atoms with Gasteiger partial charge in [-0.15, -0.1) is 0 Å². The number of nitrogens with zero attached hydrogens (tertiary/aromatic N) is 1. The third-order valence-electron chi connectivity index (χ3n) is 11.0. The Balaban J connectivity index is 0.000000220. The Hall–Kier alpha value is -2.40. The van der Waals surface area contributed by atoms with E-state index in [0.717, 1.165) is 5.57 Å². The number of hydrogen-bond acceptors (Lipinski definition) is 8. The summed E-state index contributed by atoms with van der Waals surface area (Å²) in [6.45, 7) is 6.41. The van der Waals surface area contributed by atoms with Crippen LogP contribution in [0.1, 0.15) is 53.4 Å². The average molecular weight is 649 g/mol. The summed E-state index contributed by atoms with van der Waals surface area (Å²) in [6, 6.07) is 5.03. The number of ether oxygens (including phenoxy) is 2. The Morgan fingerprint density at radius 3 is 2.61 bits per heavy atom. The molecule has 3 saturated carbocycles. The third kappa shape index (κ3) is 4.12. The van der Waals surface area contributed by atoms with Crippen LogP contribution in [-0.2, 0) is 19.1 Å². The Labute approximate surface area is 264 Å². The molecule has 3 N–H and O–H groups in total. The number of rotatable bonds is 2. The van der Waals surface area contributed by atoms with Crippen LogP contribution < -0.4 is 0 Å². The number of aliphatic hydroxyl groups excluding tert-OH is 2. The minimum Gasteiger partial charge on any atom is -0.504 e. The second kappa shape index (κ2) is 10.3. The quantitative estimate of drug-likeness (QED) is 0.381. The topological polar surface area (TPSA) is 126 Å². The number of phenolic OH excluding ortho intramolecular Hbond substituents is 1. The van der Waals surface area contributed by atoms with E-state index in [1.165, 1.54) is 18.2 Å². The highest BCUT2D eigenvalue weighted by Crippen LogP contribution is 2.72. The summed E-state index contributed by atoms with van der Waals surface area (Å²) in [5.74, 6) is -2.48. The van der Waals surface area contributed by atoms with E-state index in [-0.39, 0.29) is 28.9 Å². The number of phenols is 1. The normalized spacial score (nSPS) is 39.8. The van der Waals surface area contributed by atoms with Crippen LogP contribution in [0.25, 0.3) is 10.9 Å². The van der Waals surface area contributed by atoms with Gasteiger partial charge in [-0.25, -0.2) is 4.39 Å². The second-order valence-corrected chi connectivity index (χ2v) is 14.3. The van der Waals surface area contributed by atoms with E-state index in [1.807, 2.05) is 6.92 Å². The number of aliphatic hydroxyl groups is 2. The van der Waals surface area contributed by atoms with Gasteiger partial charge < -0.3 is 24.8 Å². The first-order chi connectivity index (χ1) is 20.6. The summed E-state index contributed by atoms with van der Waals surface area (Å²) in [5, 5.41) is 32.1. The fourth-order valence-corrected chi connectivity index (χ4v) is 9.60. The molecule has 1 aliphatic heterocycles. The Kier molecular flexibility index (Phi) is 7.40. The first kappa shape index (κ1) is 31.6. The zero-order valence-electron chi connectivity index (χ0n) is 24.9. The number of aromatic hydroxyl groups is 1. The molecule has 4 aliphatic carbocycles. The van der Waals surface area contributed by atoms with Gasteiger partial charge in [0.1, 0.15) is 12.1 Å². The second-order valence-electron chi connectivity index (χ2n) is 13.5. The number of halogens is 3. The molecule has 5 aliphatic rings. The fourth-order valence-electron chi connectivity index (χ4n) is 9.08. The highest BCUT2D eigenvalue weighted by molar-refractivity contribution is 6.39. The Bertz CT molecular complexity index is 1630. The number of Topliss-reactive ketones (excluding diaryl/α,β-unsaturated/α-hetero) is 1. The van der Waals surface area contributed by atoms with Crippen LogP contribution in [0.3, 0.4) is 0 Å². The molecule has 7 rings (SSSR count). The highest BCUT2D eigenvalue weighted by Gasteiger charge is 2.79. The molecule has 0 bridgehead atoms. The lowest BCUT2D eigenvalue weighted by Gasteiger charge is -2.62. The molecule has 236 valence electrons. The van der Waals surface area contributed by atoms with Crippen LogP contribution in [0.15, 0.2) is 48.2 Å². The van der Waals surface area contributed by atoms with E-state index in [4.69, 9.17) is 32.7 Å². The van der Waals surface area contributed by atoms with Crippen molar-refractivity contribution in [1.82, 2.24) is 4.98 Å². The number of carbonyl (C=O) groups excluding carboxylic acids is 2. The molecule has 1 unspecified atom stereocenters. The molecule has 1 aromatic carbocycles. The van der Waals surface area contributed by atoms with Crippen molar-refractivity contribution in [2.24, 2.45) is 22.7 Å². The van der Waals surface area contributed by atoms with Crippen LogP contribution in [0, 0.1) is 22.7 Å². The molecule has 2 aromatic rings. The van der Waals surface area contributed by atoms with Gasteiger partial charge in [0.05, 0.1) is 22.3 Å². The molecule has 11 heteroatoms. The van der Waals surface area contributed by atoms with E-state index in [0.29, 0.717) is 35.2 Å². The van der Waals surface area contributed by atoms with Crippen LogP contribution in [-0.4, -0.2) is 67.7 Å². The molecule has 0 amide bonds. The van der Waals surface area contributed by atoms with Gasteiger partial charge in [-0.1, -0.05) is 41.8 Å². The van der Waals surface area contributed by atoms with Crippen LogP contribution >= 0.6 is 23.2 Å². The lowest BCUT2D eigenvalue weighted by molar-refractivity contribution is -0.246. The number of aromatic nitrogens is 1. The largest absolute Gasteiger partial charge is 0.504 e. The van der Waals surface area contributed by atoms with Gasteiger partial charge in [0.15, 0.2) is 34.4 Å². The molecule has 2 heterocycles.